The summed E-state index contributed by atoms with van der Waals surface area (Å²) in [6, 6.07) is 0.701. The minimum absolute atomic E-state index is 0.0823. The van der Waals surface area contributed by atoms with Gasteiger partial charge in [-0.25, -0.2) is 8.78 Å². The standard InChI is InChI=1S/C12H15F2N3O3/c13-7-11(16-3-1-15-2-4-16)9-5-8(14)6-10(12(9)18)17(19)20/h5-6,11,15,18H,1-4,7H2/t11-/m1/s1. The Morgan fingerprint density at radius 2 is 2.10 bits per heavy atom. The van der Waals surface area contributed by atoms with E-state index in [1.54, 1.807) is 4.90 Å². The van der Waals surface area contributed by atoms with Crippen LogP contribution in [0.4, 0.5) is 14.5 Å². The summed E-state index contributed by atoms with van der Waals surface area (Å²) in [7, 11) is 0. The quantitative estimate of drug-likeness (QED) is 0.645. The summed E-state index contributed by atoms with van der Waals surface area (Å²) in [6.45, 7) is 1.49. The zero-order chi connectivity index (χ0) is 14.7. The number of nitrogens with one attached hydrogen (secondary N) is 1. The number of nitrogens with zero attached hydrogens (tertiary/aromatic N) is 2. The summed E-state index contributed by atoms with van der Waals surface area (Å²) in [5.41, 5.74) is -0.824. The van der Waals surface area contributed by atoms with Crippen molar-refractivity contribution in [3.05, 3.63) is 33.6 Å². The number of benzene rings is 1. The first-order valence-electron chi connectivity index (χ1n) is 6.22. The Morgan fingerprint density at radius 1 is 1.45 bits per heavy atom. The minimum atomic E-state index is -0.883. The Kier molecular flexibility index (Phi) is 4.46. The highest BCUT2D eigenvalue weighted by molar-refractivity contribution is 5.52. The fraction of sp³-hybridized carbons (Fsp3) is 0.500. The highest BCUT2D eigenvalue weighted by Gasteiger charge is 2.29. The number of phenols is 1. The maximum atomic E-state index is 13.5. The van der Waals surface area contributed by atoms with Gasteiger partial charge >= 0.3 is 5.69 Å². The van der Waals surface area contributed by atoms with E-state index in [0.717, 1.165) is 6.07 Å². The Labute approximate surface area is 114 Å². The lowest BCUT2D eigenvalue weighted by atomic mass is 10.0. The van der Waals surface area contributed by atoms with Gasteiger partial charge in [-0.2, -0.15) is 0 Å². The molecule has 110 valence electrons. The Balaban J connectivity index is 2.40. The van der Waals surface area contributed by atoms with Crippen LogP contribution in [-0.4, -0.2) is 47.8 Å². The zero-order valence-electron chi connectivity index (χ0n) is 10.7. The van der Waals surface area contributed by atoms with E-state index in [4.69, 9.17) is 0 Å². The van der Waals surface area contributed by atoms with Crippen LogP contribution in [-0.2, 0) is 0 Å². The molecule has 0 spiro atoms. The van der Waals surface area contributed by atoms with Crippen LogP contribution in [0, 0.1) is 15.9 Å². The molecule has 0 aromatic heterocycles. The normalized spacial score (nSPS) is 17.9. The predicted octanol–water partition coefficient (Wildman–Crippen LogP) is 1.36. The second-order valence-electron chi connectivity index (χ2n) is 4.58. The minimum Gasteiger partial charge on any atom is -0.502 e. The summed E-state index contributed by atoms with van der Waals surface area (Å²) in [5.74, 6) is -1.53. The van der Waals surface area contributed by atoms with Gasteiger partial charge in [0.15, 0.2) is 5.75 Å². The van der Waals surface area contributed by atoms with E-state index >= 15 is 0 Å². The van der Waals surface area contributed by atoms with Crippen molar-refractivity contribution in [2.75, 3.05) is 32.9 Å². The molecule has 0 bridgehead atoms. The average Bonchev–Trinajstić information content (AvgIpc) is 2.44. The van der Waals surface area contributed by atoms with E-state index in [9.17, 15) is 24.0 Å². The molecule has 1 aliphatic heterocycles. The highest BCUT2D eigenvalue weighted by Crippen LogP contribution is 2.37. The zero-order valence-corrected chi connectivity index (χ0v) is 10.7. The lowest BCUT2D eigenvalue weighted by molar-refractivity contribution is -0.386. The number of aromatic hydroxyl groups is 1. The first-order chi connectivity index (χ1) is 9.54. The Morgan fingerprint density at radius 3 is 2.65 bits per heavy atom. The van der Waals surface area contributed by atoms with Gasteiger partial charge in [-0.05, 0) is 6.07 Å². The molecule has 6 nitrogen and oxygen atoms in total. The molecule has 0 aliphatic carbocycles. The molecule has 0 unspecified atom stereocenters. The van der Waals surface area contributed by atoms with Gasteiger partial charge in [0.25, 0.3) is 0 Å². The third-order valence-electron chi connectivity index (χ3n) is 3.38. The molecule has 2 rings (SSSR count). The number of phenolic OH excluding ortho intramolecular Hbond substituents is 1. The van der Waals surface area contributed by atoms with Gasteiger partial charge in [-0.3, -0.25) is 15.0 Å². The molecule has 1 aromatic rings. The van der Waals surface area contributed by atoms with Gasteiger partial charge in [0.1, 0.15) is 12.5 Å². The van der Waals surface area contributed by atoms with E-state index in [2.05, 4.69) is 5.32 Å². The van der Waals surface area contributed by atoms with Crippen molar-refractivity contribution in [2.24, 2.45) is 0 Å². The van der Waals surface area contributed by atoms with E-state index < -0.39 is 34.9 Å². The molecular weight excluding hydrogens is 272 g/mol. The molecule has 1 atom stereocenters. The van der Waals surface area contributed by atoms with Crippen molar-refractivity contribution in [1.82, 2.24) is 10.2 Å². The SMILES string of the molecule is O=[N+]([O-])c1cc(F)cc([C@@H](CF)N2CCNCC2)c1O. The van der Waals surface area contributed by atoms with Crippen molar-refractivity contribution in [3.8, 4) is 5.75 Å². The maximum Gasteiger partial charge on any atom is 0.313 e. The average molecular weight is 287 g/mol. The molecule has 0 saturated carbocycles. The molecule has 1 saturated heterocycles. The summed E-state index contributed by atoms with van der Waals surface area (Å²) in [6.07, 6.45) is 0. The third-order valence-corrected chi connectivity index (χ3v) is 3.38. The number of piperazine rings is 1. The van der Waals surface area contributed by atoms with Gasteiger partial charge < -0.3 is 10.4 Å². The lowest BCUT2D eigenvalue weighted by Gasteiger charge is -2.33. The molecule has 1 heterocycles. The van der Waals surface area contributed by atoms with Crippen molar-refractivity contribution in [1.29, 1.82) is 0 Å². The fourth-order valence-corrected chi connectivity index (χ4v) is 2.37. The topological polar surface area (TPSA) is 78.6 Å². The van der Waals surface area contributed by atoms with Crippen LogP contribution in [0.15, 0.2) is 12.1 Å². The van der Waals surface area contributed by atoms with Crippen molar-refractivity contribution in [3.63, 3.8) is 0 Å². The summed E-state index contributed by atoms with van der Waals surface area (Å²) in [4.78, 5) is 11.6. The van der Waals surface area contributed by atoms with Crippen LogP contribution in [0.25, 0.3) is 0 Å². The van der Waals surface area contributed by atoms with E-state index in [-0.39, 0.29) is 5.56 Å². The van der Waals surface area contributed by atoms with Crippen molar-refractivity contribution >= 4 is 5.69 Å². The van der Waals surface area contributed by atoms with Crippen molar-refractivity contribution < 1.29 is 18.8 Å². The van der Waals surface area contributed by atoms with Gasteiger partial charge in [-0.1, -0.05) is 0 Å². The largest absolute Gasteiger partial charge is 0.502 e. The molecule has 0 amide bonds. The predicted molar refractivity (Wildman–Crippen MR) is 67.9 cm³/mol. The maximum absolute atomic E-state index is 13.5. The van der Waals surface area contributed by atoms with Crippen LogP contribution in [0.2, 0.25) is 0 Å². The van der Waals surface area contributed by atoms with Crippen LogP contribution in [0.3, 0.4) is 0 Å². The van der Waals surface area contributed by atoms with Gasteiger partial charge in [0.05, 0.1) is 17.0 Å². The number of nitro benzene ring substituents is 1. The number of alkyl halides is 1. The van der Waals surface area contributed by atoms with Crippen LogP contribution in [0.1, 0.15) is 11.6 Å². The highest BCUT2D eigenvalue weighted by atomic mass is 19.1. The molecule has 1 fully saturated rings. The molecule has 1 aliphatic rings. The number of hydrogen-bond acceptors (Lipinski definition) is 5. The lowest BCUT2D eigenvalue weighted by Crippen LogP contribution is -2.45. The second kappa shape index (κ2) is 6.10. The first kappa shape index (κ1) is 14.6. The van der Waals surface area contributed by atoms with E-state index in [1.165, 1.54) is 0 Å². The van der Waals surface area contributed by atoms with Gasteiger partial charge in [0.2, 0.25) is 0 Å². The molecule has 20 heavy (non-hydrogen) atoms. The van der Waals surface area contributed by atoms with Crippen molar-refractivity contribution in [2.45, 2.75) is 6.04 Å². The number of halogens is 2. The number of hydrogen-bond donors (Lipinski definition) is 2. The second-order valence-corrected chi connectivity index (χ2v) is 4.58. The molecule has 1 aromatic carbocycles. The monoisotopic (exact) mass is 287 g/mol. The smallest absolute Gasteiger partial charge is 0.313 e. The third kappa shape index (κ3) is 2.86. The number of rotatable bonds is 4. The van der Waals surface area contributed by atoms with Gasteiger partial charge in [-0.15, -0.1) is 0 Å². The van der Waals surface area contributed by atoms with Gasteiger partial charge in [0, 0.05) is 31.7 Å². The number of nitro groups is 1. The Hall–Kier alpha value is -1.80. The van der Waals surface area contributed by atoms with E-state index in [1.807, 2.05) is 0 Å². The van der Waals surface area contributed by atoms with E-state index in [0.29, 0.717) is 32.2 Å². The molecule has 2 N–H and O–H groups in total. The van der Waals surface area contributed by atoms with Crippen LogP contribution >= 0.6 is 0 Å². The summed E-state index contributed by atoms with van der Waals surface area (Å²) >= 11 is 0. The molecular formula is C12H15F2N3O3. The summed E-state index contributed by atoms with van der Waals surface area (Å²) in [5, 5.41) is 23.8. The molecule has 8 heteroatoms. The van der Waals surface area contributed by atoms with Crippen LogP contribution < -0.4 is 5.32 Å². The fourth-order valence-electron chi connectivity index (χ4n) is 2.37. The molecule has 0 radical (unpaired) electrons. The Bertz CT molecular complexity index is 507. The first-order valence-corrected chi connectivity index (χ1v) is 6.22. The summed E-state index contributed by atoms with van der Waals surface area (Å²) < 4.78 is 26.8. The van der Waals surface area contributed by atoms with Crippen LogP contribution in [0.5, 0.6) is 5.75 Å².